The number of aliphatic hydroxyl groups excluding tert-OH is 2. The molecule has 32 heteroatoms. The minimum absolute atomic E-state index is 0.0208. The summed E-state index contributed by atoms with van der Waals surface area (Å²) in [6, 6.07) is -0.781. The molecule has 0 aliphatic heterocycles. The van der Waals surface area contributed by atoms with Crippen molar-refractivity contribution in [3.8, 4) is 5.75 Å². The number of hydrogen-bond acceptors (Lipinski definition) is 22. The summed E-state index contributed by atoms with van der Waals surface area (Å²) in [7, 11) is 0. The van der Waals surface area contributed by atoms with E-state index in [2.05, 4.69) is 11.5 Å². The molecule has 32 N–H and O–H groups in total. The maximum Gasteiger partial charge on any atom is 0.322 e. The number of carboxylic acid groups (broad SMARTS) is 9. The van der Waals surface area contributed by atoms with Crippen molar-refractivity contribution in [3.05, 3.63) is 29.8 Å². The molecule has 0 saturated carbocycles. The minimum atomic E-state index is -1.21. The van der Waals surface area contributed by atoms with E-state index in [1.54, 1.807) is 26.0 Å². The van der Waals surface area contributed by atoms with Crippen LogP contribution in [0.1, 0.15) is 86.6 Å². The van der Waals surface area contributed by atoms with Crippen LogP contribution in [0, 0.1) is 23.7 Å². The molecule has 0 radical (unpaired) electrons. The highest BCUT2D eigenvalue weighted by Crippen LogP contribution is 2.11. The lowest BCUT2D eigenvalue weighted by atomic mass is 10.0. The van der Waals surface area contributed by atoms with E-state index in [1.165, 1.54) is 12.1 Å². The largest absolute Gasteiger partial charge is 0.508 e. The number of nitrogens with two attached hydrogens (primary N) is 10. The minimum Gasteiger partial charge on any atom is -0.508 e. The molecule has 1 rings (SSSR count). The summed E-state index contributed by atoms with van der Waals surface area (Å²) in [6.45, 7) is 13.8. The number of amides is 1. The summed E-state index contributed by atoms with van der Waals surface area (Å²) in [5.41, 5.74) is 50.7. The monoisotopic (exact) mass is 1110 g/mol. The topological polar surface area (TPSA) is 674 Å². The maximum atomic E-state index is 10.4. The Morgan fingerprint density at radius 3 is 0.868 bits per heavy atom. The molecular weight excluding hydrogens is 1020 g/mol. The first-order valence-electron chi connectivity index (χ1n) is 22.6. The lowest BCUT2D eigenvalue weighted by Gasteiger charge is -2.11. The van der Waals surface area contributed by atoms with Gasteiger partial charge in [-0.15, -0.1) is 0 Å². The zero-order valence-electron chi connectivity index (χ0n) is 44.1. The fraction of sp³-hybridized carbons (Fsp3) is 0.636. The smallest absolute Gasteiger partial charge is 0.322 e. The van der Waals surface area contributed by atoms with Crippen molar-refractivity contribution >= 4 is 59.6 Å². The molecule has 0 unspecified atom stereocenters. The first kappa shape index (κ1) is 86.0. The van der Waals surface area contributed by atoms with E-state index < -0.39 is 121 Å². The molecule has 1 aromatic rings. The van der Waals surface area contributed by atoms with Crippen LogP contribution >= 0.6 is 0 Å². The van der Waals surface area contributed by atoms with Gasteiger partial charge in [-0.05, 0) is 60.6 Å². The number of carboxylic acids is 9. The second-order valence-corrected chi connectivity index (χ2v) is 16.8. The average molecular weight is 1110 g/mol. The number of rotatable bonds is 22. The molecule has 0 aliphatic carbocycles. The molecule has 446 valence electrons. The molecule has 0 bridgehead atoms. The van der Waals surface area contributed by atoms with E-state index in [0.29, 0.717) is 24.7 Å². The van der Waals surface area contributed by atoms with E-state index >= 15 is 0 Å². The van der Waals surface area contributed by atoms with Gasteiger partial charge in [0.05, 0.1) is 26.2 Å². The van der Waals surface area contributed by atoms with E-state index in [1.807, 2.05) is 41.5 Å². The van der Waals surface area contributed by atoms with E-state index in [0.717, 1.165) is 12.0 Å². The highest BCUT2D eigenvalue weighted by Gasteiger charge is 2.18. The number of aliphatic carboxylic acids is 9. The van der Waals surface area contributed by atoms with Crippen LogP contribution in [0.2, 0.25) is 0 Å². The number of benzene rings is 1. The zero-order chi connectivity index (χ0) is 62.3. The highest BCUT2D eigenvalue weighted by atomic mass is 16.4. The first-order chi connectivity index (χ1) is 34.5. The van der Waals surface area contributed by atoms with Crippen LogP contribution in [0.3, 0.4) is 0 Å². The molecule has 0 saturated heterocycles. The van der Waals surface area contributed by atoms with Crippen molar-refractivity contribution < 1.29 is 109 Å². The van der Waals surface area contributed by atoms with Crippen molar-refractivity contribution in [3.63, 3.8) is 0 Å². The van der Waals surface area contributed by atoms with Crippen LogP contribution in [0.15, 0.2) is 24.3 Å². The SMILES string of the molecule is CC(C)C[C@H](N)C(=O)O.CC(C)C[C@H](N)C(=O)O.CC(C)[C@H](N)C(=O)O.CC[C@H](C)[C@H](N)C(=O)O.NC(=O)C[C@H](N)C(=O)O.NCC(=O)O.N[C@@H](CO)C(=O)O.N[C@@H](CO)C(=O)O.N[C@@H](Cc1ccc(O)cc1)C(=O)O. The van der Waals surface area contributed by atoms with Crippen molar-refractivity contribution in [2.45, 2.75) is 136 Å². The summed E-state index contributed by atoms with van der Waals surface area (Å²) >= 11 is 0. The van der Waals surface area contributed by atoms with Crippen LogP contribution in [0.5, 0.6) is 5.75 Å². The third-order valence-corrected chi connectivity index (χ3v) is 8.28. The molecule has 76 heavy (non-hydrogen) atoms. The van der Waals surface area contributed by atoms with Gasteiger partial charge in [-0.1, -0.05) is 73.9 Å². The molecule has 1 aromatic carbocycles. The van der Waals surface area contributed by atoms with Crippen molar-refractivity contribution in [1.82, 2.24) is 0 Å². The maximum absolute atomic E-state index is 10.4. The van der Waals surface area contributed by atoms with Gasteiger partial charge in [-0.25, -0.2) is 0 Å². The van der Waals surface area contributed by atoms with Gasteiger partial charge in [0, 0.05) is 0 Å². The van der Waals surface area contributed by atoms with Crippen molar-refractivity contribution in [2.75, 3.05) is 19.8 Å². The van der Waals surface area contributed by atoms with Crippen molar-refractivity contribution in [1.29, 1.82) is 0 Å². The number of phenolic OH excluding ortho intramolecular Hbond substituents is 1. The normalized spacial score (nSPS) is 13.3. The Morgan fingerprint density at radius 1 is 0.461 bits per heavy atom. The first-order valence-corrected chi connectivity index (χ1v) is 22.6. The van der Waals surface area contributed by atoms with Crippen LogP contribution in [-0.2, 0) is 54.4 Å². The van der Waals surface area contributed by atoms with Gasteiger partial charge in [0.2, 0.25) is 5.91 Å². The molecule has 1 amide bonds. The number of carbonyl (C=O) groups excluding carboxylic acids is 1. The van der Waals surface area contributed by atoms with Gasteiger partial charge in [-0.3, -0.25) is 47.9 Å². The Bertz CT molecular complexity index is 1730. The summed E-state index contributed by atoms with van der Waals surface area (Å²) < 4.78 is 0. The fourth-order valence-electron chi connectivity index (χ4n) is 3.43. The Morgan fingerprint density at radius 2 is 0.750 bits per heavy atom. The summed E-state index contributed by atoms with van der Waals surface area (Å²) in [5.74, 6) is -8.96. The van der Waals surface area contributed by atoms with Gasteiger partial charge in [0.15, 0.2) is 0 Å². The van der Waals surface area contributed by atoms with Gasteiger partial charge >= 0.3 is 53.7 Å². The van der Waals surface area contributed by atoms with Crippen LogP contribution < -0.4 is 57.3 Å². The Balaban J connectivity index is -0.000000115. The summed E-state index contributed by atoms with van der Waals surface area (Å²) in [4.78, 5) is 99.2. The second-order valence-electron chi connectivity index (χ2n) is 16.8. The van der Waals surface area contributed by atoms with Gasteiger partial charge in [-0.2, -0.15) is 0 Å². The molecule has 0 aliphatic rings. The zero-order valence-corrected chi connectivity index (χ0v) is 44.1. The number of phenols is 1. The van der Waals surface area contributed by atoms with Crippen LogP contribution in [-0.4, -0.2) is 189 Å². The number of aromatic hydroxyl groups is 1. The predicted octanol–water partition coefficient (Wildman–Crippen LogP) is -4.18. The third-order valence-electron chi connectivity index (χ3n) is 8.28. The quantitative estimate of drug-likeness (QED) is 0.0524. The summed E-state index contributed by atoms with van der Waals surface area (Å²) in [6.07, 6.45) is 1.88. The van der Waals surface area contributed by atoms with Gasteiger partial charge in [0.1, 0.15) is 54.1 Å². The Hall–Kier alpha value is -6.72. The Kier molecular flexibility index (Phi) is 58.6. The Labute approximate surface area is 440 Å². The fourth-order valence-corrected chi connectivity index (χ4v) is 3.43. The predicted molar refractivity (Wildman–Crippen MR) is 275 cm³/mol. The lowest BCUT2D eigenvalue weighted by Crippen LogP contribution is -2.36. The van der Waals surface area contributed by atoms with Gasteiger partial charge < -0.3 is 119 Å². The van der Waals surface area contributed by atoms with Crippen molar-refractivity contribution in [2.24, 2.45) is 81.0 Å². The molecule has 0 fully saturated rings. The number of carbonyl (C=O) groups is 10. The van der Waals surface area contributed by atoms with E-state index in [4.69, 9.17) is 107 Å². The number of hydrogen-bond donors (Lipinski definition) is 22. The molecule has 32 nitrogen and oxygen atoms in total. The standard InChI is InChI=1S/C9H11NO3.3C6H13NO2.C5H11NO2.C4H8N2O3.2C3H7NO3.C2H5NO2/c10-8(9(12)13)5-6-1-3-7(11)4-2-6;2*1-4(2)3-5(7)6(8)9;1-3-4(2)5(7)6(8)9;1-3(2)4(6)5(7)8;5-2(4(8)9)1-3(6)7;2*4-2(1-5)3(6)7;3-1-2(4)5/h1-4,8,11H,5,10H2,(H,12,13);3*4-5H,3,7H2,1-2H3,(H,8,9);3-4H,6H2,1-2H3,(H,7,8);2H,1,5H2,(H2,6,7)(H,8,9);2*2,5H,1,4H2,(H,6,7);1,3H2,(H,4,5)/t8-;2*5-;4-,5-;4-;3*2-;/m00000000./s1. The molecule has 0 heterocycles. The molecular formula is C44H88N10O22. The highest BCUT2D eigenvalue weighted by molar-refractivity contribution is 5.83. The molecule has 0 aromatic heterocycles. The van der Waals surface area contributed by atoms with Gasteiger partial charge in [0.25, 0.3) is 0 Å². The number of primary amides is 1. The second kappa shape index (κ2) is 51.8. The molecule has 0 spiro atoms. The molecule has 9 atom stereocenters. The van der Waals surface area contributed by atoms with E-state index in [-0.39, 0.29) is 37.0 Å². The van der Waals surface area contributed by atoms with E-state index in [9.17, 15) is 47.9 Å². The third kappa shape index (κ3) is 65.3. The van der Waals surface area contributed by atoms with Crippen LogP contribution in [0.4, 0.5) is 0 Å². The van der Waals surface area contributed by atoms with Crippen LogP contribution in [0.25, 0.3) is 0 Å². The summed E-state index contributed by atoms with van der Waals surface area (Å²) in [5, 5.41) is 98.2. The number of aliphatic hydroxyl groups is 2. The lowest BCUT2D eigenvalue weighted by molar-refractivity contribution is -0.140. The average Bonchev–Trinajstić information content (AvgIpc) is 3.31.